The highest BCUT2D eigenvalue weighted by atomic mass is 16.1. The van der Waals surface area contributed by atoms with Crippen LogP contribution in [-0.4, -0.2) is 30.2 Å². The van der Waals surface area contributed by atoms with Crippen molar-refractivity contribution in [1.29, 1.82) is 0 Å². The second-order valence-electron chi connectivity index (χ2n) is 6.64. The van der Waals surface area contributed by atoms with Crippen LogP contribution < -0.4 is 15.5 Å². The lowest BCUT2D eigenvalue weighted by atomic mass is 10.1. The SMILES string of the molecule is Cc1ccc(C)c(Nc2ccc(C(=O)Nc3ccc(N(C)C)cc3)nn2)c1. The summed E-state index contributed by atoms with van der Waals surface area (Å²) in [6.45, 7) is 4.06. The molecule has 6 heteroatoms. The Morgan fingerprint density at radius 1 is 0.926 bits per heavy atom. The maximum atomic E-state index is 12.4. The van der Waals surface area contributed by atoms with E-state index in [0.29, 0.717) is 11.5 Å². The van der Waals surface area contributed by atoms with Crippen LogP contribution in [0.1, 0.15) is 21.6 Å². The summed E-state index contributed by atoms with van der Waals surface area (Å²) in [6, 6.07) is 17.2. The molecule has 0 unspecified atom stereocenters. The standard InChI is InChI=1S/C21H23N5O/c1-14-5-6-15(2)19(13-14)23-20-12-11-18(24-25-20)21(27)22-16-7-9-17(10-8-16)26(3)4/h5-13H,1-4H3,(H,22,27)(H,23,25). The highest BCUT2D eigenvalue weighted by molar-refractivity contribution is 6.02. The lowest BCUT2D eigenvalue weighted by Gasteiger charge is -2.13. The molecule has 0 bridgehead atoms. The number of anilines is 4. The molecule has 0 fully saturated rings. The Morgan fingerprint density at radius 2 is 1.67 bits per heavy atom. The number of benzene rings is 2. The number of carbonyl (C=O) groups excluding carboxylic acids is 1. The Balaban J connectivity index is 1.67. The molecule has 0 saturated heterocycles. The normalized spacial score (nSPS) is 10.4. The van der Waals surface area contributed by atoms with Crippen LogP contribution in [0.4, 0.5) is 22.9 Å². The van der Waals surface area contributed by atoms with E-state index in [1.54, 1.807) is 12.1 Å². The molecule has 27 heavy (non-hydrogen) atoms. The van der Waals surface area contributed by atoms with Crippen molar-refractivity contribution < 1.29 is 4.79 Å². The van der Waals surface area contributed by atoms with Crippen LogP contribution in [-0.2, 0) is 0 Å². The molecule has 3 rings (SSSR count). The van der Waals surface area contributed by atoms with Gasteiger partial charge in [0.2, 0.25) is 0 Å². The van der Waals surface area contributed by atoms with Crippen molar-refractivity contribution in [3.8, 4) is 0 Å². The van der Waals surface area contributed by atoms with Crippen LogP contribution >= 0.6 is 0 Å². The molecule has 0 aliphatic rings. The van der Waals surface area contributed by atoms with E-state index in [2.05, 4.69) is 39.0 Å². The van der Waals surface area contributed by atoms with Crippen molar-refractivity contribution in [3.63, 3.8) is 0 Å². The monoisotopic (exact) mass is 361 g/mol. The molecule has 0 aliphatic heterocycles. The minimum Gasteiger partial charge on any atom is -0.378 e. The number of nitrogens with zero attached hydrogens (tertiary/aromatic N) is 3. The first-order valence-electron chi connectivity index (χ1n) is 8.69. The molecule has 2 aromatic carbocycles. The van der Waals surface area contributed by atoms with E-state index < -0.39 is 0 Å². The Labute approximate surface area is 159 Å². The van der Waals surface area contributed by atoms with Crippen LogP contribution in [0.15, 0.2) is 54.6 Å². The number of hydrogen-bond donors (Lipinski definition) is 2. The summed E-state index contributed by atoms with van der Waals surface area (Å²) in [5.41, 5.74) is 5.29. The van der Waals surface area contributed by atoms with Gasteiger partial charge in [0.15, 0.2) is 11.5 Å². The van der Waals surface area contributed by atoms with Gasteiger partial charge >= 0.3 is 0 Å². The Bertz CT molecular complexity index is 934. The predicted octanol–water partition coefficient (Wildman–Crippen LogP) is 4.16. The number of rotatable bonds is 5. The molecule has 1 heterocycles. The zero-order valence-electron chi connectivity index (χ0n) is 15.9. The Hall–Kier alpha value is -3.41. The van der Waals surface area contributed by atoms with Gasteiger partial charge in [0.25, 0.3) is 5.91 Å². The topological polar surface area (TPSA) is 70.2 Å². The molecule has 1 aromatic heterocycles. The molecule has 0 atom stereocenters. The van der Waals surface area contributed by atoms with Crippen LogP contribution in [0.3, 0.4) is 0 Å². The molecule has 6 nitrogen and oxygen atoms in total. The second kappa shape index (κ2) is 7.86. The van der Waals surface area contributed by atoms with Gasteiger partial charge < -0.3 is 15.5 Å². The van der Waals surface area contributed by atoms with Crippen LogP contribution in [0, 0.1) is 13.8 Å². The summed E-state index contributed by atoms with van der Waals surface area (Å²) >= 11 is 0. The lowest BCUT2D eigenvalue weighted by molar-refractivity contribution is 0.102. The molecule has 3 aromatic rings. The van der Waals surface area contributed by atoms with Crippen molar-refractivity contribution in [2.45, 2.75) is 13.8 Å². The van der Waals surface area contributed by atoms with E-state index in [1.807, 2.05) is 57.1 Å². The smallest absolute Gasteiger partial charge is 0.276 e. The van der Waals surface area contributed by atoms with Crippen LogP contribution in [0.25, 0.3) is 0 Å². The van der Waals surface area contributed by atoms with Gasteiger partial charge in [-0.1, -0.05) is 12.1 Å². The molecular formula is C21H23N5O. The maximum Gasteiger partial charge on any atom is 0.276 e. The predicted molar refractivity (Wildman–Crippen MR) is 110 cm³/mol. The molecule has 1 amide bonds. The van der Waals surface area contributed by atoms with Gasteiger partial charge in [0.1, 0.15) is 0 Å². The van der Waals surface area contributed by atoms with E-state index in [9.17, 15) is 4.79 Å². The summed E-state index contributed by atoms with van der Waals surface area (Å²) in [6.07, 6.45) is 0. The van der Waals surface area contributed by atoms with Crippen LogP contribution in [0.5, 0.6) is 0 Å². The largest absolute Gasteiger partial charge is 0.378 e. The Morgan fingerprint density at radius 3 is 2.30 bits per heavy atom. The van der Waals surface area contributed by atoms with E-state index >= 15 is 0 Å². The van der Waals surface area contributed by atoms with E-state index in [1.165, 1.54) is 0 Å². The van der Waals surface area contributed by atoms with Crippen molar-refractivity contribution >= 4 is 28.8 Å². The van der Waals surface area contributed by atoms with Crippen molar-refractivity contribution in [2.24, 2.45) is 0 Å². The average molecular weight is 361 g/mol. The number of nitrogens with one attached hydrogen (secondary N) is 2. The van der Waals surface area contributed by atoms with Gasteiger partial charge in [-0.05, 0) is 67.4 Å². The van der Waals surface area contributed by atoms with Gasteiger partial charge in [0.05, 0.1) is 0 Å². The minimum absolute atomic E-state index is 0.262. The molecule has 138 valence electrons. The van der Waals surface area contributed by atoms with Gasteiger partial charge in [-0.3, -0.25) is 4.79 Å². The zero-order valence-corrected chi connectivity index (χ0v) is 15.9. The summed E-state index contributed by atoms with van der Waals surface area (Å²) < 4.78 is 0. The van der Waals surface area contributed by atoms with Gasteiger partial charge in [-0.15, -0.1) is 10.2 Å². The van der Waals surface area contributed by atoms with Crippen molar-refractivity contribution in [1.82, 2.24) is 10.2 Å². The maximum absolute atomic E-state index is 12.4. The summed E-state index contributed by atoms with van der Waals surface area (Å²) in [5.74, 6) is 0.300. The number of aryl methyl sites for hydroxylation is 2. The average Bonchev–Trinajstić information content (AvgIpc) is 2.65. The fourth-order valence-corrected chi connectivity index (χ4v) is 2.57. The van der Waals surface area contributed by atoms with Gasteiger partial charge in [-0.25, -0.2) is 0 Å². The minimum atomic E-state index is -0.293. The summed E-state index contributed by atoms with van der Waals surface area (Å²) in [4.78, 5) is 14.4. The first-order valence-corrected chi connectivity index (χ1v) is 8.69. The molecule has 2 N–H and O–H groups in total. The molecule has 0 radical (unpaired) electrons. The van der Waals surface area contributed by atoms with Crippen molar-refractivity contribution in [2.75, 3.05) is 29.6 Å². The van der Waals surface area contributed by atoms with Crippen LogP contribution in [0.2, 0.25) is 0 Å². The van der Waals surface area contributed by atoms with Gasteiger partial charge in [0, 0.05) is 31.2 Å². The van der Waals surface area contributed by atoms with Crippen molar-refractivity contribution in [3.05, 3.63) is 71.4 Å². The third-order valence-electron chi connectivity index (χ3n) is 4.19. The zero-order chi connectivity index (χ0) is 19.4. The quantitative estimate of drug-likeness (QED) is 0.714. The van der Waals surface area contributed by atoms with E-state index in [4.69, 9.17) is 0 Å². The number of aromatic nitrogens is 2. The third-order valence-corrected chi connectivity index (χ3v) is 4.19. The Kier molecular flexibility index (Phi) is 5.35. The molecular weight excluding hydrogens is 338 g/mol. The first kappa shape index (κ1) is 18.4. The fraction of sp³-hybridized carbons (Fsp3) is 0.190. The molecule has 0 aliphatic carbocycles. The van der Waals surface area contributed by atoms with Gasteiger partial charge in [-0.2, -0.15) is 0 Å². The second-order valence-corrected chi connectivity index (χ2v) is 6.64. The fourth-order valence-electron chi connectivity index (χ4n) is 2.57. The third kappa shape index (κ3) is 4.61. The summed E-state index contributed by atoms with van der Waals surface area (Å²) in [7, 11) is 3.94. The molecule has 0 saturated carbocycles. The van der Waals surface area contributed by atoms with E-state index in [0.717, 1.165) is 22.5 Å². The number of carbonyl (C=O) groups is 1. The first-order chi connectivity index (χ1) is 12.9. The molecule has 0 spiro atoms. The summed E-state index contributed by atoms with van der Waals surface area (Å²) in [5, 5.41) is 14.2. The highest BCUT2D eigenvalue weighted by Gasteiger charge is 2.09. The highest BCUT2D eigenvalue weighted by Crippen LogP contribution is 2.20. The number of hydrogen-bond acceptors (Lipinski definition) is 5. The lowest BCUT2D eigenvalue weighted by Crippen LogP contribution is -2.15. The van der Waals surface area contributed by atoms with E-state index in [-0.39, 0.29) is 11.6 Å². The number of amides is 1.